The van der Waals surface area contributed by atoms with Crippen LogP contribution in [0.3, 0.4) is 0 Å². The van der Waals surface area contributed by atoms with Crippen molar-refractivity contribution in [1.82, 2.24) is 14.7 Å². The Morgan fingerprint density at radius 3 is 2.68 bits per heavy atom. The molecule has 3 aromatic rings. The molecule has 2 aromatic carbocycles. The molecule has 0 aliphatic carbocycles. The predicted molar refractivity (Wildman–Crippen MR) is 139 cm³/mol. The summed E-state index contributed by atoms with van der Waals surface area (Å²) < 4.78 is 7.59. The predicted octanol–water partition coefficient (Wildman–Crippen LogP) is 5.51. The second-order valence-electron chi connectivity index (χ2n) is 9.10. The summed E-state index contributed by atoms with van der Waals surface area (Å²) in [5.74, 6) is 1.79. The van der Waals surface area contributed by atoms with Gasteiger partial charge in [0.15, 0.2) is 0 Å². The number of ether oxygens (including phenoxy) is 1. The lowest BCUT2D eigenvalue weighted by Gasteiger charge is -2.20. The van der Waals surface area contributed by atoms with E-state index < -0.39 is 0 Å². The Kier molecular flexibility index (Phi) is 7.28. The van der Waals surface area contributed by atoms with Crippen molar-refractivity contribution in [2.75, 3.05) is 25.4 Å². The van der Waals surface area contributed by atoms with Crippen LogP contribution in [0.5, 0.6) is 5.75 Å². The number of hydrogen-bond acceptors (Lipinski definition) is 5. The normalized spacial score (nSPS) is 17.8. The first-order valence-corrected chi connectivity index (χ1v) is 13.4. The number of thioether (sulfide) groups is 1. The van der Waals surface area contributed by atoms with Crippen molar-refractivity contribution in [3.05, 3.63) is 75.0 Å². The molecule has 0 radical (unpaired) electrons. The van der Waals surface area contributed by atoms with Gasteiger partial charge in [0.05, 0.1) is 13.2 Å². The summed E-state index contributed by atoms with van der Waals surface area (Å²) in [6, 6.07) is 16.4. The summed E-state index contributed by atoms with van der Waals surface area (Å²) in [4.78, 5) is 16.6. The Morgan fingerprint density at radius 2 is 1.94 bits per heavy atom. The number of nitrogens with zero attached hydrogens (tertiary/aromatic N) is 3. The van der Waals surface area contributed by atoms with Gasteiger partial charge in [-0.05, 0) is 81.1 Å². The lowest BCUT2D eigenvalue weighted by molar-refractivity contribution is 0.230. The van der Waals surface area contributed by atoms with E-state index in [1.54, 1.807) is 16.4 Å². The van der Waals surface area contributed by atoms with Crippen molar-refractivity contribution in [3.8, 4) is 17.0 Å². The maximum absolute atomic E-state index is 13.1. The molecule has 178 valence electrons. The number of fused-ring (bicyclic) bond motifs is 1. The first kappa shape index (κ1) is 23.5. The van der Waals surface area contributed by atoms with E-state index in [1.807, 2.05) is 36.4 Å². The van der Waals surface area contributed by atoms with Crippen LogP contribution >= 0.6 is 23.4 Å². The fourth-order valence-electron chi connectivity index (χ4n) is 4.79. The number of benzene rings is 2. The number of rotatable bonds is 8. The van der Waals surface area contributed by atoms with Crippen molar-refractivity contribution in [2.24, 2.45) is 0 Å². The second-order valence-corrected chi connectivity index (χ2v) is 10.6. The van der Waals surface area contributed by atoms with Crippen LogP contribution in [0.15, 0.2) is 58.2 Å². The van der Waals surface area contributed by atoms with Gasteiger partial charge in [0.2, 0.25) is 0 Å². The summed E-state index contributed by atoms with van der Waals surface area (Å²) in [7, 11) is 0. The zero-order valence-corrected chi connectivity index (χ0v) is 21.1. The number of aromatic nitrogens is 2. The van der Waals surface area contributed by atoms with Crippen molar-refractivity contribution in [2.45, 2.75) is 50.1 Å². The van der Waals surface area contributed by atoms with Crippen LogP contribution < -0.4 is 10.3 Å². The number of halogens is 1. The highest BCUT2D eigenvalue weighted by Crippen LogP contribution is 2.37. The van der Waals surface area contributed by atoms with Gasteiger partial charge in [0, 0.05) is 39.4 Å². The minimum atomic E-state index is 0.00553. The number of hydrogen-bond donors (Lipinski definition) is 0. The highest BCUT2D eigenvalue weighted by molar-refractivity contribution is 7.99. The van der Waals surface area contributed by atoms with Crippen LogP contribution in [0.4, 0.5) is 0 Å². The molecule has 3 heterocycles. The first-order chi connectivity index (χ1) is 16.6. The largest absolute Gasteiger partial charge is 0.494 e. The molecular weight excluding hydrogens is 466 g/mol. The Bertz CT molecular complexity index is 1190. The van der Waals surface area contributed by atoms with Gasteiger partial charge in [0.1, 0.15) is 11.4 Å². The zero-order chi connectivity index (χ0) is 23.5. The molecule has 2 aliphatic heterocycles. The van der Waals surface area contributed by atoms with E-state index in [-0.39, 0.29) is 5.56 Å². The van der Waals surface area contributed by atoms with Crippen LogP contribution in [0.2, 0.25) is 5.02 Å². The zero-order valence-electron chi connectivity index (χ0n) is 19.5. The van der Waals surface area contributed by atoms with Crippen LogP contribution in [0, 0.1) is 0 Å². The summed E-state index contributed by atoms with van der Waals surface area (Å²) in [6.45, 7) is 5.77. The maximum Gasteiger partial charge on any atom is 0.271 e. The van der Waals surface area contributed by atoms with Crippen LogP contribution in [0.25, 0.3) is 11.3 Å². The minimum Gasteiger partial charge on any atom is -0.494 e. The van der Waals surface area contributed by atoms with E-state index in [1.165, 1.54) is 19.4 Å². The molecule has 1 atom stereocenters. The third kappa shape index (κ3) is 5.19. The van der Waals surface area contributed by atoms with Gasteiger partial charge in [0.25, 0.3) is 5.56 Å². The highest BCUT2D eigenvalue weighted by atomic mass is 35.5. The third-order valence-corrected chi connectivity index (χ3v) is 8.11. The van der Waals surface area contributed by atoms with Crippen molar-refractivity contribution in [3.63, 3.8) is 0 Å². The Morgan fingerprint density at radius 1 is 1.15 bits per heavy atom. The molecule has 34 heavy (non-hydrogen) atoms. The fourth-order valence-corrected chi connectivity index (χ4v) is 6.08. The molecule has 1 aromatic heterocycles. The number of likely N-dealkylation sites (tertiary alicyclic amines) is 1. The Labute approximate surface area is 210 Å². The van der Waals surface area contributed by atoms with Crippen LogP contribution in [0.1, 0.15) is 37.3 Å². The van der Waals surface area contributed by atoms with Gasteiger partial charge in [-0.3, -0.25) is 4.79 Å². The molecule has 0 amide bonds. The molecule has 1 fully saturated rings. The van der Waals surface area contributed by atoms with E-state index in [4.69, 9.17) is 21.4 Å². The summed E-state index contributed by atoms with van der Waals surface area (Å²) in [5, 5.41) is 5.48. The van der Waals surface area contributed by atoms with Gasteiger partial charge in [-0.15, -0.1) is 11.8 Å². The molecule has 1 saturated heterocycles. The molecular formula is C27H30ClN3O2S. The molecule has 7 heteroatoms. The highest BCUT2D eigenvalue weighted by Gasteiger charge is 2.24. The standard InChI is InChI=1S/C27H30ClN3O2S/c1-19-4-2-14-30(19)15-3-16-33-23-11-7-21(8-12-23)25-26-24(13-17-34-26)27(32)31(29-25)18-20-5-9-22(28)10-6-20/h5-12,19H,2-4,13-18H2,1H3/t19-/m1/s1. The van der Waals surface area contributed by atoms with E-state index >= 15 is 0 Å². The first-order valence-electron chi connectivity index (χ1n) is 12.1. The lowest BCUT2D eigenvalue weighted by atomic mass is 10.1. The van der Waals surface area contributed by atoms with Gasteiger partial charge in [-0.25, -0.2) is 4.68 Å². The molecule has 2 aliphatic rings. The molecule has 0 unspecified atom stereocenters. The summed E-state index contributed by atoms with van der Waals surface area (Å²) in [5.41, 5.74) is 3.77. The van der Waals surface area contributed by atoms with Gasteiger partial charge in [-0.2, -0.15) is 5.10 Å². The molecule has 5 nitrogen and oxygen atoms in total. The second kappa shape index (κ2) is 10.5. The smallest absolute Gasteiger partial charge is 0.271 e. The third-order valence-electron chi connectivity index (χ3n) is 6.72. The van der Waals surface area contributed by atoms with E-state index in [9.17, 15) is 4.79 Å². The minimum absolute atomic E-state index is 0.00553. The van der Waals surface area contributed by atoms with E-state index in [2.05, 4.69) is 24.0 Å². The van der Waals surface area contributed by atoms with Crippen molar-refractivity contribution in [1.29, 1.82) is 0 Å². The molecule has 0 N–H and O–H groups in total. The SMILES string of the molecule is C[C@@H]1CCCN1CCCOc1ccc(-c2nn(Cc3ccc(Cl)cc3)c(=O)c3c2SCC3)cc1. The fraction of sp³-hybridized carbons (Fsp3) is 0.407. The molecule has 5 rings (SSSR count). The quantitative estimate of drug-likeness (QED) is 0.385. The Hall–Kier alpha value is -2.28. The van der Waals surface area contributed by atoms with Gasteiger partial charge >= 0.3 is 0 Å². The van der Waals surface area contributed by atoms with Crippen LogP contribution in [-0.4, -0.2) is 46.2 Å². The van der Waals surface area contributed by atoms with Crippen molar-refractivity contribution >= 4 is 23.4 Å². The molecule has 0 saturated carbocycles. The van der Waals surface area contributed by atoms with E-state index in [0.29, 0.717) is 17.6 Å². The summed E-state index contributed by atoms with van der Waals surface area (Å²) in [6.07, 6.45) is 4.44. The monoisotopic (exact) mass is 495 g/mol. The Balaban J connectivity index is 1.30. The van der Waals surface area contributed by atoms with Crippen molar-refractivity contribution < 1.29 is 4.74 Å². The molecule has 0 spiro atoms. The lowest BCUT2D eigenvalue weighted by Crippen LogP contribution is -2.28. The van der Waals surface area contributed by atoms with Crippen LogP contribution in [-0.2, 0) is 13.0 Å². The molecule has 0 bridgehead atoms. The van der Waals surface area contributed by atoms with Gasteiger partial charge < -0.3 is 9.64 Å². The maximum atomic E-state index is 13.1. The van der Waals surface area contributed by atoms with E-state index in [0.717, 1.165) is 64.8 Å². The summed E-state index contributed by atoms with van der Waals surface area (Å²) >= 11 is 7.74. The van der Waals surface area contributed by atoms with Gasteiger partial charge in [-0.1, -0.05) is 23.7 Å². The average molecular weight is 496 g/mol. The topological polar surface area (TPSA) is 47.4 Å². The average Bonchev–Trinajstić information content (AvgIpc) is 3.50.